The monoisotopic (exact) mass is 278 g/mol. The van der Waals surface area contributed by atoms with E-state index < -0.39 is 0 Å². The zero-order valence-corrected chi connectivity index (χ0v) is 12.3. The van der Waals surface area contributed by atoms with E-state index in [1.807, 2.05) is 6.20 Å². The van der Waals surface area contributed by atoms with Gasteiger partial charge in [-0.05, 0) is 61.3 Å². The van der Waals surface area contributed by atoms with Gasteiger partial charge in [0.15, 0.2) is 0 Å². The van der Waals surface area contributed by atoms with Crippen LogP contribution in [-0.2, 0) is 0 Å². The number of piperidine rings is 1. The molecule has 108 valence electrons. The summed E-state index contributed by atoms with van der Waals surface area (Å²) in [4.78, 5) is 4.51. The quantitative estimate of drug-likeness (QED) is 0.898. The van der Waals surface area contributed by atoms with Gasteiger partial charge in [-0.25, -0.2) is 0 Å². The second-order valence-electron chi connectivity index (χ2n) is 6.58. The van der Waals surface area contributed by atoms with E-state index in [4.69, 9.17) is 0 Å². The Morgan fingerprint density at radius 1 is 0.952 bits per heavy atom. The zero-order valence-electron chi connectivity index (χ0n) is 12.3. The lowest BCUT2D eigenvalue weighted by Crippen LogP contribution is -2.43. The van der Waals surface area contributed by atoms with E-state index in [9.17, 15) is 0 Å². The summed E-state index contributed by atoms with van der Waals surface area (Å²) >= 11 is 0. The van der Waals surface area contributed by atoms with Gasteiger partial charge in [0, 0.05) is 24.0 Å². The van der Waals surface area contributed by atoms with Crippen LogP contribution in [0.2, 0.25) is 0 Å². The Hall–Kier alpha value is -1.67. The van der Waals surface area contributed by atoms with Crippen LogP contribution < -0.4 is 5.32 Å². The predicted molar refractivity (Wildman–Crippen MR) is 86.2 cm³/mol. The molecular weight excluding hydrogens is 256 g/mol. The Bertz CT molecular complexity index is 596. The summed E-state index contributed by atoms with van der Waals surface area (Å²) in [6, 6.07) is 13.7. The van der Waals surface area contributed by atoms with E-state index >= 15 is 0 Å². The molecule has 1 aliphatic carbocycles. The van der Waals surface area contributed by atoms with Crippen molar-refractivity contribution in [2.24, 2.45) is 5.92 Å². The highest BCUT2D eigenvalue weighted by atomic mass is 14.9. The highest BCUT2D eigenvalue weighted by Crippen LogP contribution is 2.40. The molecular formula is C19H22N2. The lowest BCUT2D eigenvalue weighted by Gasteiger charge is -2.39. The molecule has 2 nitrogen and oxygen atoms in total. The number of hydrogen-bond donors (Lipinski definition) is 1. The highest BCUT2D eigenvalue weighted by molar-refractivity contribution is 5.63. The number of benzene rings is 1. The molecule has 1 aromatic heterocycles. The van der Waals surface area contributed by atoms with Gasteiger partial charge in [0.2, 0.25) is 0 Å². The Kier molecular flexibility index (Phi) is 3.48. The summed E-state index contributed by atoms with van der Waals surface area (Å²) in [6.07, 6.45) is 9.41. The first-order chi connectivity index (χ1) is 10.4. The summed E-state index contributed by atoms with van der Waals surface area (Å²) in [5.74, 6) is 1.59. The van der Waals surface area contributed by atoms with Crippen LogP contribution in [0.3, 0.4) is 0 Å². The van der Waals surface area contributed by atoms with Crippen molar-refractivity contribution in [3.05, 3.63) is 54.4 Å². The summed E-state index contributed by atoms with van der Waals surface area (Å²) < 4.78 is 0. The molecule has 0 amide bonds. The van der Waals surface area contributed by atoms with Gasteiger partial charge in [-0.15, -0.1) is 0 Å². The third kappa shape index (κ3) is 2.73. The minimum Gasteiger partial charge on any atom is -0.314 e. The molecule has 1 saturated heterocycles. The Balaban J connectivity index is 1.61. The third-order valence-corrected chi connectivity index (χ3v) is 5.13. The van der Waals surface area contributed by atoms with E-state index in [-0.39, 0.29) is 0 Å². The fourth-order valence-electron chi connectivity index (χ4n) is 4.07. The lowest BCUT2D eigenvalue weighted by atomic mass is 9.72. The average Bonchev–Trinajstić information content (AvgIpc) is 2.55. The smallest absolute Gasteiger partial charge is 0.0346 e. The van der Waals surface area contributed by atoms with Crippen LogP contribution in [-0.4, -0.2) is 17.6 Å². The zero-order chi connectivity index (χ0) is 14.1. The third-order valence-electron chi connectivity index (χ3n) is 5.13. The first-order valence-electron chi connectivity index (χ1n) is 8.12. The fourth-order valence-corrected chi connectivity index (χ4v) is 4.07. The van der Waals surface area contributed by atoms with Crippen molar-refractivity contribution in [1.29, 1.82) is 0 Å². The first kappa shape index (κ1) is 13.0. The number of fused-ring (bicyclic) bond motifs is 2. The minimum atomic E-state index is 0.678. The molecule has 2 aliphatic rings. The number of rotatable bonds is 2. The van der Waals surface area contributed by atoms with E-state index in [0.29, 0.717) is 5.92 Å². The first-order valence-corrected chi connectivity index (χ1v) is 8.12. The molecule has 1 aromatic carbocycles. The van der Waals surface area contributed by atoms with Gasteiger partial charge in [0.05, 0.1) is 0 Å². The molecule has 4 rings (SSSR count). The molecule has 2 aromatic rings. The summed E-state index contributed by atoms with van der Waals surface area (Å²) in [6.45, 7) is 1.21. The van der Waals surface area contributed by atoms with Crippen molar-refractivity contribution in [2.75, 3.05) is 6.54 Å². The van der Waals surface area contributed by atoms with Gasteiger partial charge in [0.25, 0.3) is 0 Å². The maximum absolute atomic E-state index is 4.51. The second-order valence-corrected chi connectivity index (χ2v) is 6.58. The van der Waals surface area contributed by atoms with Gasteiger partial charge in [-0.2, -0.15) is 0 Å². The SMILES string of the molecule is c1ccc(-c2cncc(C3CC4CCNC(C4)C3)c2)cc1. The molecule has 0 radical (unpaired) electrons. The summed E-state index contributed by atoms with van der Waals surface area (Å²) in [7, 11) is 0. The Labute approximate surface area is 126 Å². The number of pyridine rings is 1. The molecule has 3 unspecified atom stereocenters. The van der Waals surface area contributed by atoms with E-state index in [2.05, 4.69) is 52.9 Å². The van der Waals surface area contributed by atoms with Crippen molar-refractivity contribution in [1.82, 2.24) is 10.3 Å². The van der Waals surface area contributed by atoms with Gasteiger partial charge in [-0.1, -0.05) is 30.3 Å². The van der Waals surface area contributed by atoms with Crippen LogP contribution >= 0.6 is 0 Å². The van der Waals surface area contributed by atoms with Crippen LogP contribution in [0.25, 0.3) is 11.1 Å². The van der Waals surface area contributed by atoms with Crippen molar-refractivity contribution in [3.63, 3.8) is 0 Å². The Morgan fingerprint density at radius 3 is 2.71 bits per heavy atom. The topological polar surface area (TPSA) is 24.9 Å². The number of nitrogens with one attached hydrogen (secondary N) is 1. The van der Waals surface area contributed by atoms with Crippen molar-refractivity contribution < 1.29 is 0 Å². The molecule has 0 spiro atoms. The molecule has 1 saturated carbocycles. The number of aromatic nitrogens is 1. The molecule has 1 N–H and O–H groups in total. The average molecular weight is 278 g/mol. The Morgan fingerprint density at radius 2 is 1.86 bits per heavy atom. The van der Waals surface area contributed by atoms with E-state index in [0.717, 1.165) is 12.0 Å². The summed E-state index contributed by atoms with van der Waals surface area (Å²) in [5, 5.41) is 3.68. The lowest BCUT2D eigenvalue weighted by molar-refractivity contribution is 0.203. The van der Waals surface area contributed by atoms with Crippen molar-refractivity contribution >= 4 is 0 Å². The molecule has 2 heterocycles. The van der Waals surface area contributed by atoms with Crippen LogP contribution in [0.4, 0.5) is 0 Å². The predicted octanol–water partition coefficient (Wildman–Crippen LogP) is 3.99. The number of nitrogens with zero attached hydrogens (tertiary/aromatic N) is 1. The van der Waals surface area contributed by atoms with Gasteiger partial charge >= 0.3 is 0 Å². The summed E-state index contributed by atoms with van der Waals surface area (Å²) in [5.41, 5.74) is 3.94. The maximum atomic E-state index is 4.51. The minimum absolute atomic E-state index is 0.678. The molecule has 2 bridgehead atoms. The van der Waals surface area contributed by atoms with E-state index in [1.165, 1.54) is 48.9 Å². The van der Waals surface area contributed by atoms with Crippen LogP contribution in [0, 0.1) is 5.92 Å². The molecule has 21 heavy (non-hydrogen) atoms. The van der Waals surface area contributed by atoms with Crippen LogP contribution in [0.5, 0.6) is 0 Å². The molecule has 1 aliphatic heterocycles. The van der Waals surface area contributed by atoms with Crippen LogP contribution in [0.15, 0.2) is 48.8 Å². The van der Waals surface area contributed by atoms with Gasteiger partial charge in [0.1, 0.15) is 0 Å². The highest BCUT2D eigenvalue weighted by Gasteiger charge is 2.32. The van der Waals surface area contributed by atoms with Crippen molar-refractivity contribution in [3.8, 4) is 11.1 Å². The second kappa shape index (κ2) is 5.61. The molecule has 2 fully saturated rings. The largest absolute Gasteiger partial charge is 0.314 e. The van der Waals surface area contributed by atoms with Gasteiger partial charge in [-0.3, -0.25) is 4.98 Å². The molecule has 3 atom stereocenters. The standard InChI is InChI=1S/C19H22N2/c1-2-4-15(5-3-1)17-10-18(13-20-12-17)16-8-14-6-7-21-19(9-14)11-16/h1-5,10,12-14,16,19,21H,6-9,11H2. The maximum Gasteiger partial charge on any atom is 0.0346 e. The van der Waals surface area contributed by atoms with Crippen LogP contribution in [0.1, 0.15) is 37.2 Å². The molecule has 2 heteroatoms. The number of hydrogen-bond acceptors (Lipinski definition) is 2. The normalized spacial score (nSPS) is 28.3. The van der Waals surface area contributed by atoms with E-state index in [1.54, 1.807) is 0 Å². The fraction of sp³-hybridized carbons (Fsp3) is 0.421. The van der Waals surface area contributed by atoms with Gasteiger partial charge < -0.3 is 5.32 Å². The van der Waals surface area contributed by atoms with Crippen molar-refractivity contribution in [2.45, 2.75) is 37.6 Å².